The minimum Gasteiger partial charge on any atom is -0.397 e. The molecule has 0 fully saturated rings. The molecule has 0 heterocycles. The SMILES string of the molecule is Nc1ccc(Cl)cc1NC(=O)Cc1ccc(F)c(F)c1. The van der Waals surface area contributed by atoms with Crippen molar-refractivity contribution in [2.24, 2.45) is 0 Å². The van der Waals surface area contributed by atoms with Gasteiger partial charge in [-0.05, 0) is 35.9 Å². The lowest BCUT2D eigenvalue weighted by molar-refractivity contribution is -0.115. The van der Waals surface area contributed by atoms with Gasteiger partial charge in [0.2, 0.25) is 5.91 Å². The van der Waals surface area contributed by atoms with E-state index >= 15 is 0 Å². The second kappa shape index (κ2) is 5.88. The van der Waals surface area contributed by atoms with E-state index < -0.39 is 17.5 Å². The van der Waals surface area contributed by atoms with Crippen molar-refractivity contribution in [3.63, 3.8) is 0 Å². The zero-order chi connectivity index (χ0) is 14.7. The van der Waals surface area contributed by atoms with Gasteiger partial charge in [-0.1, -0.05) is 17.7 Å². The van der Waals surface area contributed by atoms with E-state index in [1.807, 2.05) is 0 Å². The zero-order valence-electron chi connectivity index (χ0n) is 10.3. The lowest BCUT2D eigenvalue weighted by atomic mass is 10.1. The summed E-state index contributed by atoms with van der Waals surface area (Å²) in [7, 11) is 0. The Morgan fingerprint density at radius 2 is 1.90 bits per heavy atom. The Morgan fingerprint density at radius 3 is 2.60 bits per heavy atom. The highest BCUT2D eigenvalue weighted by Crippen LogP contribution is 2.23. The summed E-state index contributed by atoms with van der Waals surface area (Å²) in [5.41, 5.74) is 6.80. The van der Waals surface area contributed by atoms with Gasteiger partial charge in [-0.15, -0.1) is 0 Å². The Morgan fingerprint density at radius 1 is 1.15 bits per heavy atom. The standard InChI is InChI=1S/C14H11ClF2N2O/c15-9-2-4-12(18)13(7-9)19-14(20)6-8-1-3-10(16)11(17)5-8/h1-5,7H,6,18H2,(H,19,20). The maximum Gasteiger partial charge on any atom is 0.228 e. The maximum atomic E-state index is 13.0. The molecule has 0 aliphatic heterocycles. The minimum absolute atomic E-state index is 0.0941. The van der Waals surface area contributed by atoms with Crippen LogP contribution in [0.5, 0.6) is 0 Å². The quantitative estimate of drug-likeness (QED) is 0.853. The zero-order valence-corrected chi connectivity index (χ0v) is 11.0. The van der Waals surface area contributed by atoms with Gasteiger partial charge >= 0.3 is 0 Å². The average molecular weight is 297 g/mol. The molecule has 0 unspecified atom stereocenters. The van der Waals surface area contributed by atoms with Crippen molar-refractivity contribution in [2.45, 2.75) is 6.42 Å². The lowest BCUT2D eigenvalue weighted by Crippen LogP contribution is -2.15. The van der Waals surface area contributed by atoms with Crippen LogP contribution in [0, 0.1) is 11.6 Å². The topological polar surface area (TPSA) is 55.1 Å². The number of nitrogens with one attached hydrogen (secondary N) is 1. The molecule has 0 aliphatic rings. The molecule has 0 saturated heterocycles. The molecule has 3 N–H and O–H groups in total. The first-order valence-corrected chi connectivity index (χ1v) is 6.12. The molecule has 20 heavy (non-hydrogen) atoms. The highest BCUT2D eigenvalue weighted by molar-refractivity contribution is 6.31. The molecule has 104 valence electrons. The molecular formula is C14H11ClF2N2O. The van der Waals surface area contributed by atoms with Gasteiger partial charge in [0.1, 0.15) is 0 Å². The highest BCUT2D eigenvalue weighted by atomic mass is 35.5. The Labute approximate surface area is 119 Å². The van der Waals surface area contributed by atoms with Crippen molar-refractivity contribution in [1.29, 1.82) is 0 Å². The number of nitrogen functional groups attached to an aromatic ring is 1. The van der Waals surface area contributed by atoms with Crippen LogP contribution in [0.4, 0.5) is 20.2 Å². The third-order valence-corrected chi connectivity index (χ3v) is 2.87. The van der Waals surface area contributed by atoms with Gasteiger partial charge in [0.15, 0.2) is 11.6 Å². The lowest BCUT2D eigenvalue weighted by Gasteiger charge is -2.08. The van der Waals surface area contributed by atoms with E-state index in [-0.39, 0.29) is 6.42 Å². The molecular weight excluding hydrogens is 286 g/mol. The Balaban J connectivity index is 2.09. The number of carbonyl (C=O) groups excluding carboxylic acids is 1. The normalized spacial score (nSPS) is 10.3. The predicted octanol–water partition coefficient (Wildman–Crippen LogP) is 3.38. The monoisotopic (exact) mass is 296 g/mol. The van der Waals surface area contributed by atoms with Crippen LogP contribution >= 0.6 is 11.6 Å². The van der Waals surface area contributed by atoms with Crippen LogP contribution in [-0.2, 0) is 11.2 Å². The number of hydrogen-bond acceptors (Lipinski definition) is 2. The number of benzene rings is 2. The average Bonchev–Trinajstić information content (AvgIpc) is 2.38. The van der Waals surface area contributed by atoms with Gasteiger partial charge in [-0.25, -0.2) is 8.78 Å². The molecule has 2 rings (SSSR count). The van der Waals surface area contributed by atoms with Gasteiger partial charge in [0.25, 0.3) is 0 Å². The number of halogens is 3. The Bertz CT molecular complexity index is 662. The molecule has 0 spiro atoms. The van der Waals surface area contributed by atoms with E-state index in [0.29, 0.717) is 22.0 Å². The maximum absolute atomic E-state index is 13.0. The molecule has 0 atom stereocenters. The smallest absolute Gasteiger partial charge is 0.228 e. The second-order valence-corrected chi connectivity index (χ2v) is 4.64. The summed E-state index contributed by atoms with van der Waals surface area (Å²) in [6.07, 6.45) is -0.0941. The number of carbonyl (C=O) groups is 1. The molecule has 2 aromatic carbocycles. The van der Waals surface area contributed by atoms with Crippen molar-refractivity contribution in [2.75, 3.05) is 11.1 Å². The molecule has 3 nitrogen and oxygen atoms in total. The van der Waals surface area contributed by atoms with Crippen LogP contribution in [-0.4, -0.2) is 5.91 Å². The van der Waals surface area contributed by atoms with E-state index in [1.165, 1.54) is 12.1 Å². The predicted molar refractivity (Wildman–Crippen MR) is 74.6 cm³/mol. The van der Waals surface area contributed by atoms with Crippen molar-refractivity contribution in [1.82, 2.24) is 0 Å². The van der Waals surface area contributed by atoms with E-state index in [9.17, 15) is 13.6 Å². The van der Waals surface area contributed by atoms with E-state index in [1.54, 1.807) is 12.1 Å². The fourth-order valence-electron chi connectivity index (χ4n) is 1.67. The molecule has 0 radical (unpaired) electrons. The summed E-state index contributed by atoms with van der Waals surface area (Å²) in [5.74, 6) is -2.34. The van der Waals surface area contributed by atoms with Gasteiger partial charge in [0, 0.05) is 5.02 Å². The van der Waals surface area contributed by atoms with Crippen LogP contribution in [0.2, 0.25) is 5.02 Å². The summed E-state index contributed by atoms with van der Waals surface area (Å²) in [4.78, 5) is 11.8. The molecule has 2 aromatic rings. The third kappa shape index (κ3) is 3.45. The molecule has 0 aromatic heterocycles. The minimum atomic E-state index is -0.988. The number of anilines is 2. The first-order chi connectivity index (χ1) is 9.45. The Kier molecular flexibility index (Phi) is 4.20. The van der Waals surface area contributed by atoms with E-state index in [2.05, 4.69) is 5.32 Å². The van der Waals surface area contributed by atoms with Crippen molar-refractivity contribution in [3.8, 4) is 0 Å². The van der Waals surface area contributed by atoms with Gasteiger partial charge in [-0.3, -0.25) is 4.79 Å². The molecule has 0 bridgehead atoms. The van der Waals surface area contributed by atoms with Crippen LogP contribution in [0.15, 0.2) is 36.4 Å². The molecule has 1 amide bonds. The van der Waals surface area contributed by atoms with E-state index in [0.717, 1.165) is 12.1 Å². The summed E-state index contributed by atoms with van der Waals surface area (Å²) in [5, 5.41) is 3.00. The van der Waals surface area contributed by atoms with Crippen LogP contribution in [0.3, 0.4) is 0 Å². The summed E-state index contributed by atoms with van der Waals surface area (Å²) in [6.45, 7) is 0. The van der Waals surface area contributed by atoms with Gasteiger partial charge in [0.05, 0.1) is 17.8 Å². The van der Waals surface area contributed by atoms with Crippen LogP contribution in [0.25, 0.3) is 0 Å². The summed E-state index contributed by atoms with van der Waals surface area (Å²) >= 11 is 5.80. The second-order valence-electron chi connectivity index (χ2n) is 4.20. The largest absolute Gasteiger partial charge is 0.397 e. The Hall–Kier alpha value is -2.14. The first kappa shape index (κ1) is 14.3. The number of amides is 1. The number of nitrogens with two attached hydrogens (primary N) is 1. The molecule has 0 saturated carbocycles. The summed E-state index contributed by atoms with van der Waals surface area (Å²) < 4.78 is 25.8. The number of rotatable bonds is 3. The molecule has 0 aliphatic carbocycles. The fourth-order valence-corrected chi connectivity index (χ4v) is 1.84. The van der Waals surface area contributed by atoms with Crippen molar-refractivity contribution >= 4 is 28.9 Å². The van der Waals surface area contributed by atoms with Crippen LogP contribution < -0.4 is 11.1 Å². The van der Waals surface area contributed by atoms with Crippen LogP contribution in [0.1, 0.15) is 5.56 Å². The van der Waals surface area contributed by atoms with E-state index in [4.69, 9.17) is 17.3 Å². The fraction of sp³-hybridized carbons (Fsp3) is 0.0714. The molecule has 6 heteroatoms. The first-order valence-electron chi connectivity index (χ1n) is 5.74. The van der Waals surface area contributed by atoms with Crippen molar-refractivity contribution in [3.05, 3.63) is 58.6 Å². The van der Waals surface area contributed by atoms with Gasteiger partial charge < -0.3 is 11.1 Å². The summed E-state index contributed by atoms with van der Waals surface area (Å²) in [6, 6.07) is 7.98. The van der Waals surface area contributed by atoms with Gasteiger partial charge in [-0.2, -0.15) is 0 Å². The third-order valence-electron chi connectivity index (χ3n) is 2.64. The number of hydrogen-bond donors (Lipinski definition) is 2. The van der Waals surface area contributed by atoms with Crippen molar-refractivity contribution < 1.29 is 13.6 Å². The highest BCUT2D eigenvalue weighted by Gasteiger charge is 2.09.